The van der Waals surface area contributed by atoms with Gasteiger partial charge < -0.3 is 16.0 Å². The summed E-state index contributed by atoms with van der Waals surface area (Å²) in [7, 11) is 0. The molecule has 0 aliphatic heterocycles. The number of H-pyrrole nitrogens is 1. The van der Waals surface area contributed by atoms with Crippen LogP contribution >= 0.6 is 0 Å². The average molecular weight is 284 g/mol. The maximum atomic E-state index is 12.9. The van der Waals surface area contributed by atoms with E-state index < -0.39 is 0 Å². The molecule has 1 unspecified atom stereocenters. The average Bonchev–Trinajstić information content (AvgIpc) is 2.82. The van der Waals surface area contributed by atoms with Crippen LogP contribution in [0.1, 0.15) is 12.5 Å². The standard InChI is InChI=1S/C16H17FN4/c1-10(8-11-2-4-12(17)5-3-11)19-16-20-14-7-6-13(18)9-15(14)21-16/h2-7,9-10H,8,18H2,1H3,(H2,19,20,21). The fourth-order valence-corrected chi connectivity index (χ4v) is 2.35. The molecule has 1 atom stereocenters. The van der Waals surface area contributed by atoms with Crippen molar-refractivity contribution < 1.29 is 4.39 Å². The van der Waals surface area contributed by atoms with E-state index in [2.05, 4.69) is 22.2 Å². The van der Waals surface area contributed by atoms with Crippen molar-refractivity contribution in [3.63, 3.8) is 0 Å². The van der Waals surface area contributed by atoms with E-state index in [0.717, 1.165) is 23.0 Å². The molecule has 4 N–H and O–H groups in total. The summed E-state index contributed by atoms with van der Waals surface area (Å²) in [6, 6.07) is 12.3. The third-order valence-electron chi connectivity index (χ3n) is 3.34. The normalized spacial score (nSPS) is 12.5. The van der Waals surface area contributed by atoms with Crippen LogP contribution in [-0.4, -0.2) is 16.0 Å². The fourth-order valence-electron chi connectivity index (χ4n) is 2.35. The van der Waals surface area contributed by atoms with E-state index in [9.17, 15) is 4.39 Å². The molecule has 0 saturated carbocycles. The molecule has 0 aliphatic rings. The molecule has 108 valence electrons. The number of nitrogens with two attached hydrogens (primary N) is 1. The number of rotatable bonds is 4. The number of anilines is 2. The van der Waals surface area contributed by atoms with Crippen LogP contribution in [0.5, 0.6) is 0 Å². The Bertz CT molecular complexity index is 749. The number of nitrogens with zero attached hydrogens (tertiary/aromatic N) is 1. The highest BCUT2D eigenvalue weighted by atomic mass is 19.1. The molecule has 0 aliphatic carbocycles. The van der Waals surface area contributed by atoms with Gasteiger partial charge in [-0.3, -0.25) is 0 Å². The number of aromatic nitrogens is 2. The molecule has 21 heavy (non-hydrogen) atoms. The Hall–Kier alpha value is -2.56. The number of imidazole rings is 1. The van der Waals surface area contributed by atoms with E-state index in [4.69, 9.17) is 5.73 Å². The Balaban J connectivity index is 1.70. The lowest BCUT2D eigenvalue weighted by Crippen LogP contribution is -2.18. The van der Waals surface area contributed by atoms with E-state index in [1.54, 1.807) is 12.1 Å². The lowest BCUT2D eigenvalue weighted by Gasteiger charge is -2.12. The van der Waals surface area contributed by atoms with Gasteiger partial charge in [0.1, 0.15) is 5.82 Å². The Labute approximate surface area is 122 Å². The minimum absolute atomic E-state index is 0.174. The minimum atomic E-state index is -0.214. The van der Waals surface area contributed by atoms with Gasteiger partial charge in [-0.05, 0) is 49.2 Å². The molecule has 0 radical (unpaired) electrons. The number of nitrogens with one attached hydrogen (secondary N) is 2. The van der Waals surface area contributed by atoms with Gasteiger partial charge in [0.2, 0.25) is 5.95 Å². The second-order valence-corrected chi connectivity index (χ2v) is 5.24. The Kier molecular flexibility index (Phi) is 3.48. The van der Waals surface area contributed by atoms with Crippen LogP contribution in [0.2, 0.25) is 0 Å². The molecule has 1 aromatic heterocycles. The molecule has 3 aromatic rings. The first-order valence-electron chi connectivity index (χ1n) is 6.86. The Morgan fingerprint density at radius 1 is 1.24 bits per heavy atom. The molecule has 4 nitrogen and oxygen atoms in total. The number of halogens is 1. The second kappa shape index (κ2) is 5.44. The number of nitrogen functional groups attached to an aromatic ring is 1. The molecule has 3 rings (SSSR count). The predicted molar refractivity (Wildman–Crippen MR) is 83.7 cm³/mol. The molecule has 0 fully saturated rings. The fraction of sp³-hybridized carbons (Fsp3) is 0.188. The highest BCUT2D eigenvalue weighted by molar-refractivity contribution is 5.80. The molecular formula is C16H17FN4. The maximum Gasteiger partial charge on any atom is 0.201 e. The first-order chi connectivity index (χ1) is 10.1. The topological polar surface area (TPSA) is 66.7 Å². The SMILES string of the molecule is CC(Cc1ccc(F)cc1)Nc1nc2ccc(N)cc2[nH]1. The van der Waals surface area contributed by atoms with Crippen LogP contribution in [0.15, 0.2) is 42.5 Å². The van der Waals surface area contributed by atoms with Crippen molar-refractivity contribution in [3.05, 3.63) is 53.8 Å². The van der Waals surface area contributed by atoms with Gasteiger partial charge >= 0.3 is 0 Å². The second-order valence-electron chi connectivity index (χ2n) is 5.24. The van der Waals surface area contributed by atoms with E-state index in [1.165, 1.54) is 12.1 Å². The number of hydrogen-bond acceptors (Lipinski definition) is 3. The maximum absolute atomic E-state index is 12.9. The smallest absolute Gasteiger partial charge is 0.201 e. The number of aromatic amines is 1. The first kappa shape index (κ1) is 13.4. The van der Waals surface area contributed by atoms with Crippen molar-refractivity contribution in [3.8, 4) is 0 Å². The highest BCUT2D eigenvalue weighted by Gasteiger charge is 2.08. The molecule has 0 bridgehead atoms. The Morgan fingerprint density at radius 2 is 2.00 bits per heavy atom. The monoisotopic (exact) mass is 284 g/mol. The summed E-state index contributed by atoms with van der Waals surface area (Å²) in [6.45, 7) is 2.06. The zero-order valence-electron chi connectivity index (χ0n) is 11.7. The molecule has 5 heteroatoms. The lowest BCUT2D eigenvalue weighted by atomic mass is 10.1. The lowest BCUT2D eigenvalue weighted by molar-refractivity contribution is 0.626. The van der Waals surface area contributed by atoms with Gasteiger partial charge in [-0.2, -0.15) is 0 Å². The van der Waals surface area contributed by atoms with Gasteiger partial charge in [0, 0.05) is 11.7 Å². The van der Waals surface area contributed by atoms with Gasteiger partial charge in [0.25, 0.3) is 0 Å². The summed E-state index contributed by atoms with van der Waals surface area (Å²) in [4.78, 5) is 7.67. The molecule has 0 amide bonds. The summed E-state index contributed by atoms with van der Waals surface area (Å²) in [5, 5.41) is 3.31. The van der Waals surface area contributed by atoms with Crippen molar-refractivity contribution >= 4 is 22.7 Å². The molecule has 0 spiro atoms. The Morgan fingerprint density at radius 3 is 2.76 bits per heavy atom. The summed E-state index contributed by atoms with van der Waals surface area (Å²) in [5.41, 5.74) is 9.32. The van der Waals surface area contributed by atoms with Gasteiger partial charge in [-0.15, -0.1) is 0 Å². The van der Waals surface area contributed by atoms with Crippen LogP contribution in [0.25, 0.3) is 11.0 Å². The number of fused-ring (bicyclic) bond motifs is 1. The highest BCUT2D eigenvalue weighted by Crippen LogP contribution is 2.18. The quantitative estimate of drug-likeness (QED) is 0.644. The third-order valence-corrected chi connectivity index (χ3v) is 3.34. The molecular weight excluding hydrogens is 267 g/mol. The van der Waals surface area contributed by atoms with Crippen LogP contribution in [0, 0.1) is 5.82 Å². The largest absolute Gasteiger partial charge is 0.399 e. The summed E-state index contributed by atoms with van der Waals surface area (Å²) < 4.78 is 12.9. The predicted octanol–water partition coefficient (Wildman–Crippen LogP) is 3.33. The van der Waals surface area contributed by atoms with Crippen molar-refractivity contribution in [2.24, 2.45) is 0 Å². The molecule has 2 aromatic carbocycles. The van der Waals surface area contributed by atoms with Crippen molar-refractivity contribution in [2.45, 2.75) is 19.4 Å². The van der Waals surface area contributed by atoms with Crippen LogP contribution < -0.4 is 11.1 Å². The van der Waals surface area contributed by atoms with E-state index >= 15 is 0 Å². The summed E-state index contributed by atoms with van der Waals surface area (Å²) >= 11 is 0. The summed E-state index contributed by atoms with van der Waals surface area (Å²) in [6.07, 6.45) is 0.791. The molecule has 1 heterocycles. The van der Waals surface area contributed by atoms with Gasteiger partial charge in [0.05, 0.1) is 11.0 Å². The zero-order chi connectivity index (χ0) is 14.8. The first-order valence-corrected chi connectivity index (χ1v) is 6.86. The van der Waals surface area contributed by atoms with Crippen molar-refractivity contribution in [2.75, 3.05) is 11.1 Å². The van der Waals surface area contributed by atoms with Gasteiger partial charge in [-0.25, -0.2) is 9.37 Å². The zero-order valence-corrected chi connectivity index (χ0v) is 11.7. The van der Waals surface area contributed by atoms with E-state index in [1.807, 2.05) is 18.2 Å². The van der Waals surface area contributed by atoms with Gasteiger partial charge in [0.15, 0.2) is 0 Å². The van der Waals surface area contributed by atoms with Gasteiger partial charge in [-0.1, -0.05) is 12.1 Å². The number of hydrogen-bond donors (Lipinski definition) is 3. The number of benzene rings is 2. The van der Waals surface area contributed by atoms with Crippen LogP contribution in [0.3, 0.4) is 0 Å². The minimum Gasteiger partial charge on any atom is -0.399 e. The molecule has 0 saturated heterocycles. The van der Waals surface area contributed by atoms with Crippen molar-refractivity contribution in [1.29, 1.82) is 0 Å². The third kappa shape index (κ3) is 3.13. The van der Waals surface area contributed by atoms with E-state index in [-0.39, 0.29) is 11.9 Å². The van der Waals surface area contributed by atoms with Crippen LogP contribution in [0.4, 0.5) is 16.0 Å². The van der Waals surface area contributed by atoms with E-state index in [0.29, 0.717) is 11.6 Å². The van der Waals surface area contributed by atoms with Crippen LogP contribution in [-0.2, 0) is 6.42 Å². The summed E-state index contributed by atoms with van der Waals surface area (Å²) in [5.74, 6) is 0.499. The van der Waals surface area contributed by atoms with Crippen molar-refractivity contribution in [1.82, 2.24) is 9.97 Å².